The van der Waals surface area contributed by atoms with E-state index in [2.05, 4.69) is 0 Å². The van der Waals surface area contributed by atoms with E-state index in [1.165, 1.54) is 11.8 Å². The Hall–Kier alpha value is 0.317. The van der Waals surface area contributed by atoms with Gasteiger partial charge in [-0.2, -0.15) is 5.49 Å². The largest absolute Gasteiger partial charge is 1.00 e. The maximum Gasteiger partial charge on any atom is 1.00 e. The standard InChI is InChI=1S/C11H16O3PS.Li/c1-3-13-15(12,14-4-2)10-16-11-8-6-5-7-9-11;/h5-10H,3-4H2,1-2H3;/q-1;+1. The minimum atomic E-state index is -3.05. The van der Waals surface area contributed by atoms with Crippen molar-refractivity contribution in [3.8, 4) is 0 Å². The van der Waals surface area contributed by atoms with Crippen molar-refractivity contribution in [2.24, 2.45) is 0 Å². The van der Waals surface area contributed by atoms with Crippen molar-refractivity contribution in [1.29, 1.82) is 0 Å². The Morgan fingerprint density at radius 3 is 2.18 bits per heavy atom. The Morgan fingerprint density at radius 1 is 1.18 bits per heavy atom. The van der Waals surface area contributed by atoms with Crippen molar-refractivity contribution >= 4 is 19.4 Å². The molecule has 0 unspecified atom stereocenters. The van der Waals surface area contributed by atoms with Crippen LogP contribution < -0.4 is 18.9 Å². The van der Waals surface area contributed by atoms with Crippen LogP contribution in [0.1, 0.15) is 13.8 Å². The Labute approximate surface area is 119 Å². The van der Waals surface area contributed by atoms with Gasteiger partial charge in [0, 0.05) is 0 Å². The smallest absolute Gasteiger partial charge is 0.331 e. The fourth-order valence-corrected chi connectivity index (χ4v) is 3.68. The fraction of sp³-hybridized carbons (Fsp3) is 0.364. The number of hydrogen-bond acceptors (Lipinski definition) is 4. The molecule has 0 saturated heterocycles. The van der Waals surface area contributed by atoms with E-state index in [9.17, 15) is 4.57 Å². The summed E-state index contributed by atoms with van der Waals surface area (Å²) in [6, 6.07) is 9.70. The average Bonchev–Trinajstić information content (AvgIpc) is 2.29. The number of hydrogen-bond donors (Lipinski definition) is 0. The summed E-state index contributed by atoms with van der Waals surface area (Å²) in [6.45, 7) is 4.35. The van der Waals surface area contributed by atoms with Crippen LogP contribution >= 0.6 is 19.4 Å². The SMILES string of the molecule is CCOP(=O)([CH-]Sc1ccccc1)OCC.[Li+]. The van der Waals surface area contributed by atoms with E-state index >= 15 is 0 Å². The van der Waals surface area contributed by atoms with Gasteiger partial charge in [-0.05, 0) is 18.7 Å². The molecule has 0 aromatic heterocycles. The van der Waals surface area contributed by atoms with Crippen LogP contribution in [-0.2, 0) is 13.6 Å². The van der Waals surface area contributed by atoms with Crippen LogP contribution in [0.5, 0.6) is 0 Å². The minimum Gasteiger partial charge on any atom is -0.331 e. The zero-order valence-electron chi connectivity index (χ0n) is 10.5. The molecule has 0 aliphatic rings. The number of rotatable bonds is 7. The van der Waals surface area contributed by atoms with E-state index in [1.54, 1.807) is 19.3 Å². The van der Waals surface area contributed by atoms with E-state index in [-0.39, 0.29) is 18.9 Å². The molecule has 0 amide bonds. The molecule has 0 saturated carbocycles. The molecule has 17 heavy (non-hydrogen) atoms. The molecule has 0 radical (unpaired) electrons. The molecule has 90 valence electrons. The molecular formula is C11H16LiO3PS. The summed E-state index contributed by atoms with van der Waals surface area (Å²) in [6.07, 6.45) is 0. The normalized spacial score (nSPS) is 10.9. The van der Waals surface area contributed by atoms with Crippen molar-refractivity contribution in [3.05, 3.63) is 35.8 Å². The van der Waals surface area contributed by atoms with Gasteiger partial charge < -0.3 is 20.8 Å². The molecule has 0 atom stereocenters. The van der Waals surface area contributed by atoms with Crippen molar-refractivity contribution in [2.75, 3.05) is 13.2 Å². The Bertz CT molecular complexity index is 338. The molecular weight excluding hydrogens is 250 g/mol. The Morgan fingerprint density at radius 2 is 1.71 bits per heavy atom. The molecule has 6 heteroatoms. The van der Waals surface area contributed by atoms with E-state index < -0.39 is 7.60 Å². The summed E-state index contributed by atoms with van der Waals surface area (Å²) >= 11 is 1.37. The van der Waals surface area contributed by atoms with Gasteiger partial charge in [-0.1, -0.05) is 30.3 Å². The maximum atomic E-state index is 12.1. The summed E-state index contributed by atoms with van der Waals surface area (Å²) in [4.78, 5) is 1.02. The summed E-state index contributed by atoms with van der Waals surface area (Å²) in [5, 5.41) is 0. The maximum absolute atomic E-state index is 12.1. The van der Waals surface area contributed by atoms with Crippen LogP contribution in [0.15, 0.2) is 35.2 Å². The van der Waals surface area contributed by atoms with Crippen molar-refractivity contribution in [1.82, 2.24) is 0 Å². The van der Waals surface area contributed by atoms with E-state index in [0.29, 0.717) is 13.2 Å². The van der Waals surface area contributed by atoms with Crippen LogP contribution in [0.2, 0.25) is 0 Å². The summed E-state index contributed by atoms with van der Waals surface area (Å²) in [5.74, 6) is 0. The Kier molecular flexibility index (Phi) is 9.45. The van der Waals surface area contributed by atoms with Gasteiger partial charge in [0.25, 0.3) is 0 Å². The molecule has 3 nitrogen and oxygen atoms in total. The molecule has 0 aliphatic carbocycles. The van der Waals surface area contributed by atoms with E-state index in [4.69, 9.17) is 9.05 Å². The first kappa shape index (κ1) is 17.3. The molecule has 0 aliphatic heterocycles. The van der Waals surface area contributed by atoms with Gasteiger partial charge in [-0.15, -0.1) is 0 Å². The molecule has 1 rings (SSSR count). The molecule has 0 spiro atoms. The molecule has 1 aromatic rings. The first-order valence-electron chi connectivity index (χ1n) is 5.15. The van der Waals surface area contributed by atoms with Crippen LogP contribution in [0, 0.1) is 5.49 Å². The van der Waals surface area contributed by atoms with Gasteiger partial charge in [0.1, 0.15) is 0 Å². The predicted octanol–water partition coefficient (Wildman–Crippen LogP) is 1.17. The topological polar surface area (TPSA) is 35.5 Å². The third-order valence-electron chi connectivity index (χ3n) is 1.68. The Balaban J connectivity index is 0.00000256. The molecule has 1 aromatic carbocycles. The van der Waals surface area contributed by atoms with Crippen LogP contribution in [0.3, 0.4) is 0 Å². The zero-order chi connectivity index (χ0) is 11.9. The zero-order valence-corrected chi connectivity index (χ0v) is 12.2. The predicted molar refractivity (Wildman–Crippen MR) is 67.5 cm³/mol. The third-order valence-corrected chi connectivity index (χ3v) is 4.91. The summed E-state index contributed by atoms with van der Waals surface area (Å²) < 4.78 is 22.4. The van der Waals surface area contributed by atoms with Gasteiger partial charge in [0.2, 0.25) is 0 Å². The second kappa shape index (κ2) is 9.27. The van der Waals surface area contributed by atoms with Gasteiger partial charge in [0.15, 0.2) is 7.60 Å². The second-order valence-electron chi connectivity index (χ2n) is 2.91. The quantitative estimate of drug-likeness (QED) is 0.321. The van der Waals surface area contributed by atoms with Crippen LogP contribution in [-0.4, -0.2) is 13.2 Å². The minimum absolute atomic E-state index is 0. The second-order valence-corrected chi connectivity index (χ2v) is 6.06. The van der Waals surface area contributed by atoms with Crippen LogP contribution in [0.4, 0.5) is 0 Å². The average molecular weight is 266 g/mol. The molecule has 0 heterocycles. The number of thioether (sulfide) groups is 1. The fourth-order valence-electron chi connectivity index (χ4n) is 1.08. The summed E-state index contributed by atoms with van der Waals surface area (Å²) in [5.41, 5.74) is 1.55. The van der Waals surface area contributed by atoms with Gasteiger partial charge in [-0.3, -0.25) is 4.57 Å². The van der Waals surface area contributed by atoms with E-state index in [1.807, 2.05) is 30.3 Å². The molecule has 0 bridgehead atoms. The van der Waals surface area contributed by atoms with Crippen molar-refractivity contribution in [3.63, 3.8) is 0 Å². The molecule has 0 fully saturated rings. The van der Waals surface area contributed by atoms with Crippen molar-refractivity contribution < 1.29 is 32.5 Å². The van der Waals surface area contributed by atoms with Gasteiger partial charge in [-0.25, -0.2) is 0 Å². The van der Waals surface area contributed by atoms with Gasteiger partial charge in [0.05, 0.1) is 13.2 Å². The third kappa shape index (κ3) is 6.72. The molecule has 0 N–H and O–H groups in total. The monoisotopic (exact) mass is 266 g/mol. The first-order chi connectivity index (χ1) is 7.70. The number of benzene rings is 1. The van der Waals surface area contributed by atoms with Crippen LogP contribution in [0.25, 0.3) is 0 Å². The van der Waals surface area contributed by atoms with Gasteiger partial charge >= 0.3 is 18.9 Å². The summed E-state index contributed by atoms with van der Waals surface area (Å²) in [7, 11) is -3.05. The first-order valence-corrected chi connectivity index (χ1v) is 7.64. The van der Waals surface area contributed by atoms with E-state index in [0.717, 1.165) is 4.90 Å². The van der Waals surface area contributed by atoms with Crippen molar-refractivity contribution in [2.45, 2.75) is 18.7 Å².